The van der Waals surface area contributed by atoms with E-state index in [-0.39, 0.29) is 37.3 Å². The van der Waals surface area contributed by atoms with E-state index in [0.29, 0.717) is 19.5 Å². The van der Waals surface area contributed by atoms with Gasteiger partial charge in [0.05, 0.1) is 6.42 Å². The van der Waals surface area contributed by atoms with Gasteiger partial charge in [0.15, 0.2) is 0 Å². The molecule has 168 valence electrons. The van der Waals surface area contributed by atoms with Gasteiger partial charge >= 0.3 is 12.1 Å². The van der Waals surface area contributed by atoms with Crippen molar-refractivity contribution in [2.24, 2.45) is 0 Å². The van der Waals surface area contributed by atoms with Crippen LogP contribution < -0.4 is 5.32 Å². The monoisotopic (exact) mass is 436 g/mol. The van der Waals surface area contributed by atoms with E-state index in [4.69, 9.17) is 9.84 Å². The SMILES string of the molecule is O=C(O)CC1CCCN1C(=O)CCCNC(=O)OCC1c2ccccc2-c2ccccc21. The van der Waals surface area contributed by atoms with Crippen LogP contribution in [0, 0.1) is 0 Å². The van der Waals surface area contributed by atoms with E-state index in [9.17, 15) is 14.4 Å². The molecule has 32 heavy (non-hydrogen) atoms. The first-order chi connectivity index (χ1) is 15.5. The minimum absolute atomic E-state index is 0.0102. The molecule has 0 aromatic heterocycles. The minimum atomic E-state index is -0.883. The first-order valence-electron chi connectivity index (χ1n) is 11.1. The lowest BCUT2D eigenvalue weighted by atomic mass is 9.98. The molecule has 1 aliphatic carbocycles. The Balaban J connectivity index is 1.22. The molecule has 1 aliphatic heterocycles. The fourth-order valence-corrected chi connectivity index (χ4v) is 4.80. The molecular weight excluding hydrogens is 408 g/mol. The number of ether oxygens (including phenoxy) is 1. The summed E-state index contributed by atoms with van der Waals surface area (Å²) in [6, 6.07) is 16.1. The van der Waals surface area contributed by atoms with E-state index in [1.54, 1.807) is 4.90 Å². The number of nitrogens with zero attached hydrogens (tertiary/aromatic N) is 1. The molecule has 0 radical (unpaired) electrons. The molecule has 1 unspecified atom stereocenters. The number of rotatable bonds is 8. The number of fused-ring (bicyclic) bond motifs is 3. The molecule has 0 saturated carbocycles. The van der Waals surface area contributed by atoms with E-state index in [1.165, 1.54) is 11.1 Å². The summed E-state index contributed by atoms with van der Waals surface area (Å²) in [4.78, 5) is 37.2. The summed E-state index contributed by atoms with van der Waals surface area (Å²) in [5.74, 6) is -0.925. The Labute approximate surface area is 187 Å². The summed E-state index contributed by atoms with van der Waals surface area (Å²) < 4.78 is 5.50. The number of hydrogen-bond donors (Lipinski definition) is 2. The molecule has 1 saturated heterocycles. The lowest BCUT2D eigenvalue weighted by molar-refractivity contribution is -0.139. The predicted molar refractivity (Wildman–Crippen MR) is 119 cm³/mol. The summed E-state index contributed by atoms with van der Waals surface area (Å²) in [7, 11) is 0. The molecule has 1 heterocycles. The van der Waals surface area contributed by atoms with Crippen LogP contribution >= 0.6 is 0 Å². The molecule has 2 aromatic rings. The number of benzene rings is 2. The van der Waals surface area contributed by atoms with Crippen LogP contribution in [0.15, 0.2) is 48.5 Å². The smallest absolute Gasteiger partial charge is 0.407 e. The number of hydrogen-bond acceptors (Lipinski definition) is 4. The van der Waals surface area contributed by atoms with Crippen LogP contribution in [0.25, 0.3) is 11.1 Å². The third-order valence-electron chi connectivity index (χ3n) is 6.29. The molecule has 7 nitrogen and oxygen atoms in total. The number of alkyl carbamates (subject to hydrolysis) is 1. The third kappa shape index (κ3) is 4.77. The molecule has 7 heteroatoms. The van der Waals surface area contributed by atoms with Gasteiger partial charge in [-0.3, -0.25) is 9.59 Å². The van der Waals surface area contributed by atoms with Gasteiger partial charge in [0.2, 0.25) is 5.91 Å². The summed E-state index contributed by atoms with van der Waals surface area (Å²) >= 11 is 0. The lowest BCUT2D eigenvalue weighted by Crippen LogP contribution is -2.37. The molecule has 2 aliphatic rings. The van der Waals surface area contributed by atoms with Gasteiger partial charge in [-0.2, -0.15) is 0 Å². The predicted octanol–water partition coefficient (Wildman–Crippen LogP) is 3.77. The van der Waals surface area contributed by atoms with Gasteiger partial charge in [0.25, 0.3) is 0 Å². The van der Waals surface area contributed by atoms with Crippen LogP contribution in [-0.4, -0.2) is 53.7 Å². The highest BCUT2D eigenvalue weighted by Crippen LogP contribution is 2.44. The van der Waals surface area contributed by atoms with Gasteiger partial charge in [0.1, 0.15) is 6.61 Å². The normalized spacial score (nSPS) is 17.0. The molecule has 2 aromatic carbocycles. The van der Waals surface area contributed by atoms with Crippen molar-refractivity contribution in [1.29, 1.82) is 0 Å². The van der Waals surface area contributed by atoms with Crippen LogP contribution in [0.1, 0.15) is 49.1 Å². The summed E-state index contributed by atoms with van der Waals surface area (Å²) in [6.45, 7) is 1.19. The Bertz CT molecular complexity index is 960. The van der Waals surface area contributed by atoms with Crippen molar-refractivity contribution < 1.29 is 24.2 Å². The van der Waals surface area contributed by atoms with Crippen molar-refractivity contribution >= 4 is 18.0 Å². The highest BCUT2D eigenvalue weighted by Gasteiger charge is 2.30. The molecule has 2 N–H and O–H groups in total. The molecule has 2 amide bonds. The Hall–Kier alpha value is -3.35. The van der Waals surface area contributed by atoms with Crippen LogP contribution in [0.2, 0.25) is 0 Å². The van der Waals surface area contributed by atoms with Gasteiger partial charge in [-0.05, 0) is 41.5 Å². The summed E-state index contributed by atoms with van der Waals surface area (Å²) in [6.07, 6.45) is 1.82. The molecule has 0 spiro atoms. The highest BCUT2D eigenvalue weighted by atomic mass is 16.5. The maximum absolute atomic E-state index is 12.4. The zero-order valence-electron chi connectivity index (χ0n) is 18.0. The van der Waals surface area contributed by atoms with Crippen molar-refractivity contribution in [2.75, 3.05) is 19.7 Å². The largest absolute Gasteiger partial charge is 0.481 e. The van der Waals surface area contributed by atoms with Crippen molar-refractivity contribution in [1.82, 2.24) is 10.2 Å². The van der Waals surface area contributed by atoms with Crippen molar-refractivity contribution in [3.63, 3.8) is 0 Å². The van der Waals surface area contributed by atoms with Crippen LogP contribution in [0.4, 0.5) is 4.79 Å². The van der Waals surface area contributed by atoms with E-state index < -0.39 is 12.1 Å². The second-order valence-electron chi connectivity index (χ2n) is 8.34. The third-order valence-corrected chi connectivity index (χ3v) is 6.29. The van der Waals surface area contributed by atoms with Crippen LogP contribution in [0.5, 0.6) is 0 Å². The number of amides is 2. The molecule has 0 bridgehead atoms. The lowest BCUT2D eigenvalue weighted by Gasteiger charge is -2.23. The second-order valence-corrected chi connectivity index (χ2v) is 8.34. The fourth-order valence-electron chi connectivity index (χ4n) is 4.80. The van der Waals surface area contributed by atoms with Gasteiger partial charge in [-0.1, -0.05) is 48.5 Å². The first kappa shape index (κ1) is 21.9. The number of carboxylic acids is 1. The fraction of sp³-hybridized carbons (Fsp3) is 0.400. The Morgan fingerprint density at radius 1 is 1.03 bits per heavy atom. The van der Waals surface area contributed by atoms with Crippen LogP contribution in [0.3, 0.4) is 0 Å². The van der Waals surface area contributed by atoms with Gasteiger partial charge in [0, 0.05) is 31.5 Å². The Kier molecular flexibility index (Phi) is 6.73. The van der Waals surface area contributed by atoms with E-state index in [0.717, 1.165) is 24.0 Å². The van der Waals surface area contributed by atoms with E-state index in [1.807, 2.05) is 24.3 Å². The van der Waals surface area contributed by atoms with Crippen molar-refractivity contribution in [2.45, 2.75) is 44.1 Å². The number of carboxylic acid groups (broad SMARTS) is 1. The average molecular weight is 437 g/mol. The molecule has 1 atom stereocenters. The molecular formula is C25H28N2O5. The van der Waals surface area contributed by atoms with Gasteiger partial charge in [-0.25, -0.2) is 4.79 Å². The van der Waals surface area contributed by atoms with Gasteiger partial charge < -0.3 is 20.1 Å². The maximum atomic E-state index is 12.4. The minimum Gasteiger partial charge on any atom is -0.481 e. The maximum Gasteiger partial charge on any atom is 0.407 e. The molecule has 1 fully saturated rings. The average Bonchev–Trinajstić information content (AvgIpc) is 3.37. The number of nitrogens with one attached hydrogen (secondary N) is 1. The Morgan fingerprint density at radius 3 is 2.34 bits per heavy atom. The van der Waals surface area contributed by atoms with Crippen molar-refractivity contribution in [3.8, 4) is 11.1 Å². The van der Waals surface area contributed by atoms with E-state index >= 15 is 0 Å². The molecule has 4 rings (SSSR count). The standard InChI is InChI=1S/C25H28N2O5/c28-23(27-14-6-7-17(27)15-24(29)30)12-5-13-26-25(31)32-16-22-20-10-3-1-8-18(20)19-9-2-4-11-21(19)22/h1-4,8-11,17,22H,5-7,12-16H2,(H,26,31)(H,29,30). The number of carbonyl (C=O) groups excluding carboxylic acids is 2. The first-order valence-corrected chi connectivity index (χ1v) is 11.1. The highest BCUT2D eigenvalue weighted by molar-refractivity contribution is 5.79. The quantitative estimate of drug-likeness (QED) is 0.614. The van der Waals surface area contributed by atoms with Crippen molar-refractivity contribution in [3.05, 3.63) is 59.7 Å². The number of aliphatic carboxylic acids is 1. The summed E-state index contributed by atoms with van der Waals surface area (Å²) in [5, 5.41) is 11.7. The van der Waals surface area contributed by atoms with Crippen LogP contribution in [-0.2, 0) is 14.3 Å². The van der Waals surface area contributed by atoms with Gasteiger partial charge in [-0.15, -0.1) is 0 Å². The summed E-state index contributed by atoms with van der Waals surface area (Å²) in [5.41, 5.74) is 4.68. The number of likely N-dealkylation sites (tertiary alicyclic amines) is 1. The zero-order valence-corrected chi connectivity index (χ0v) is 18.0. The van der Waals surface area contributed by atoms with E-state index in [2.05, 4.69) is 29.6 Å². The number of carbonyl (C=O) groups is 3. The zero-order chi connectivity index (χ0) is 22.5. The Morgan fingerprint density at radius 2 is 1.69 bits per heavy atom. The second kappa shape index (κ2) is 9.85. The topological polar surface area (TPSA) is 95.9 Å².